The monoisotopic (exact) mass is 460 g/mol. The van der Waals surface area contributed by atoms with E-state index in [0.29, 0.717) is 31.3 Å². The third kappa shape index (κ3) is 4.37. The van der Waals surface area contributed by atoms with Gasteiger partial charge in [-0.25, -0.2) is 9.18 Å². The van der Waals surface area contributed by atoms with Gasteiger partial charge < -0.3 is 14.8 Å². The van der Waals surface area contributed by atoms with Crippen LogP contribution in [-0.2, 0) is 9.53 Å². The standard InChI is InChI=1S/C24H26ClFN2O4/c1-28(23(30)32-20-10-8-19(26)9-11-20)24(22(29)17-3-2-12-31-14-17)15-27-13-21(24)16-4-6-18(25)7-5-16/h4-11,17,21,27H,2-3,12-15H2,1H3/t17?,21-,24+/m0/s1. The molecule has 2 heterocycles. The number of amides is 1. The van der Waals surface area contributed by atoms with Gasteiger partial charge in [0.1, 0.15) is 17.1 Å². The Balaban J connectivity index is 1.69. The molecule has 2 aliphatic rings. The molecule has 0 saturated carbocycles. The predicted molar refractivity (Wildman–Crippen MR) is 119 cm³/mol. The van der Waals surface area contributed by atoms with Crippen molar-refractivity contribution in [1.29, 1.82) is 0 Å². The van der Waals surface area contributed by atoms with Gasteiger partial charge >= 0.3 is 6.09 Å². The molecule has 0 radical (unpaired) electrons. The number of nitrogens with zero attached hydrogens (tertiary/aromatic N) is 1. The van der Waals surface area contributed by atoms with Gasteiger partial charge in [0.05, 0.1) is 6.61 Å². The van der Waals surface area contributed by atoms with Crippen LogP contribution in [-0.4, -0.2) is 55.7 Å². The van der Waals surface area contributed by atoms with E-state index in [-0.39, 0.29) is 23.4 Å². The first-order chi connectivity index (χ1) is 15.4. The number of halogens is 2. The summed E-state index contributed by atoms with van der Waals surface area (Å²) in [6.45, 7) is 1.80. The van der Waals surface area contributed by atoms with Crippen LogP contribution in [0.3, 0.4) is 0 Å². The van der Waals surface area contributed by atoms with Crippen molar-refractivity contribution >= 4 is 23.5 Å². The summed E-state index contributed by atoms with van der Waals surface area (Å²) in [5.74, 6) is -0.856. The van der Waals surface area contributed by atoms with Crippen LogP contribution in [0.5, 0.6) is 5.75 Å². The molecule has 0 spiro atoms. The van der Waals surface area contributed by atoms with Crippen LogP contribution in [0.25, 0.3) is 0 Å². The van der Waals surface area contributed by atoms with Gasteiger partial charge in [-0.05, 0) is 54.8 Å². The molecule has 6 nitrogen and oxygen atoms in total. The largest absolute Gasteiger partial charge is 0.415 e. The van der Waals surface area contributed by atoms with Crippen molar-refractivity contribution in [3.63, 3.8) is 0 Å². The van der Waals surface area contributed by atoms with Crippen molar-refractivity contribution in [2.24, 2.45) is 5.92 Å². The number of rotatable bonds is 5. The minimum Gasteiger partial charge on any atom is -0.410 e. The third-order valence-corrected chi connectivity index (χ3v) is 6.69. The summed E-state index contributed by atoms with van der Waals surface area (Å²) in [5, 5.41) is 3.91. The van der Waals surface area contributed by atoms with Crippen LogP contribution in [0.15, 0.2) is 48.5 Å². The molecule has 2 saturated heterocycles. The van der Waals surface area contributed by atoms with Crippen LogP contribution < -0.4 is 10.1 Å². The highest BCUT2D eigenvalue weighted by Gasteiger charge is 2.56. The lowest BCUT2D eigenvalue weighted by molar-refractivity contribution is -0.137. The summed E-state index contributed by atoms with van der Waals surface area (Å²) in [5.41, 5.74) is -0.248. The first kappa shape index (κ1) is 22.7. The highest BCUT2D eigenvalue weighted by atomic mass is 35.5. The van der Waals surface area contributed by atoms with E-state index in [1.165, 1.54) is 29.2 Å². The highest BCUT2D eigenvalue weighted by molar-refractivity contribution is 6.30. The average Bonchev–Trinajstić information content (AvgIpc) is 3.26. The summed E-state index contributed by atoms with van der Waals surface area (Å²) in [7, 11) is 1.59. The SMILES string of the molecule is CN(C(=O)Oc1ccc(F)cc1)[C@]1(C(=O)C2CCCOC2)CNC[C@H]1c1ccc(Cl)cc1. The lowest BCUT2D eigenvalue weighted by Gasteiger charge is -2.43. The number of carbonyl (C=O) groups excluding carboxylic acids is 2. The quantitative estimate of drug-likeness (QED) is 0.729. The van der Waals surface area contributed by atoms with Crippen molar-refractivity contribution in [2.45, 2.75) is 24.3 Å². The Kier molecular flexibility index (Phi) is 6.79. The zero-order chi connectivity index (χ0) is 22.7. The summed E-state index contributed by atoms with van der Waals surface area (Å²) in [4.78, 5) is 28.6. The molecule has 0 aliphatic carbocycles. The summed E-state index contributed by atoms with van der Waals surface area (Å²) in [6.07, 6.45) is 0.841. The maximum atomic E-state index is 14.0. The minimum absolute atomic E-state index is 0.0410. The van der Waals surface area contributed by atoms with Gasteiger partial charge in [-0.15, -0.1) is 0 Å². The second-order valence-corrected chi connectivity index (χ2v) is 8.75. The van der Waals surface area contributed by atoms with Gasteiger partial charge in [0, 0.05) is 43.6 Å². The van der Waals surface area contributed by atoms with E-state index < -0.39 is 17.4 Å². The van der Waals surface area contributed by atoms with E-state index in [9.17, 15) is 14.0 Å². The molecule has 0 bridgehead atoms. The molecule has 2 aromatic carbocycles. The summed E-state index contributed by atoms with van der Waals surface area (Å²) in [6, 6.07) is 12.5. The smallest absolute Gasteiger partial charge is 0.410 e. The van der Waals surface area contributed by atoms with Crippen molar-refractivity contribution in [1.82, 2.24) is 10.2 Å². The van der Waals surface area contributed by atoms with Crippen molar-refractivity contribution in [3.8, 4) is 5.75 Å². The van der Waals surface area contributed by atoms with E-state index in [4.69, 9.17) is 21.1 Å². The number of Topliss-reactive ketones (excluding diaryl/α,β-unsaturated/α-hetero) is 1. The Bertz CT molecular complexity index is 963. The molecule has 2 aliphatic heterocycles. The first-order valence-electron chi connectivity index (χ1n) is 10.7. The van der Waals surface area contributed by atoms with E-state index >= 15 is 0 Å². The number of ketones is 1. The third-order valence-electron chi connectivity index (χ3n) is 6.44. The fraction of sp³-hybridized carbons (Fsp3) is 0.417. The van der Waals surface area contributed by atoms with Crippen molar-refractivity contribution in [2.75, 3.05) is 33.4 Å². The molecule has 1 N–H and O–H groups in total. The van der Waals surface area contributed by atoms with E-state index in [2.05, 4.69) is 5.32 Å². The summed E-state index contributed by atoms with van der Waals surface area (Å²) < 4.78 is 24.3. The molecule has 8 heteroatoms. The summed E-state index contributed by atoms with van der Waals surface area (Å²) >= 11 is 6.08. The van der Waals surface area contributed by atoms with Gasteiger partial charge in [0.15, 0.2) is 5.78 Å². The number of ether oxygens (including phenoxy) is 2. The topological polar surface area (TPSA) is 67.9 Å². The van der Waals surface area contributed by atoms with Crippen LogP contribution >= 0.6 is 11.6 Å². The Morgan fingerprint density at radius 3 is 2.56 bits per heavy atom. The Morgan fingerprint density at radius 2 is 1.91 bits per heavy atom. The Labute approximate surface area is 191 Å². The molecule has 3 atom stereocenters. The molecule has 4 rings (SSSR count). The maximum Gasteiger partial charge on any atom is 0.415 e. The Hall–Kier alpha value is -2.48. The molecular formula is C24H26ClFN2O4. The van der Waals surface area contributed by atoms with E-state index in [1.54, 1.807) is 19.2 Å². The first-order valence-corrected chi connectivity index (χ1v) is 11.1. The molecule has 2 aromatic rings. The van der Waals surface area contributed by atoms with Crippen molar-refractivity contribution in [3.05, 3.63) is 64.9 Å². The minimum atomic E-state index is -1.16. The maximum absolute atomic E-state index is 14.0. The number of hydrogen-bond donors (Lipinski definition) is 1. The average molecular weight is 461 g/mol. The molecular weight excluding hydrogens is 435 g/mol. The number of hydrogen-bond acceptors (Lipinski definition) is 5. The van der Waals surface area contributed by atoms with Gasteiger partial charge in [-0.3, -0.25) is 9.69 Å². The van der Waals surface area contributed by atoms with Crippen molar-refractivity contribution < 1.29 is 23.5 Å². The van der Waals surface area contributed by atoms with Gasteiger partial charge in [-0.2, -0.15) is 0 Å². The molecule has 170 valence electrons. The second kappa shape index (κ2) is 9.57. The Morgan fingerprint density at radius 1 is 1.19 bits per heavy atom. The fourth-order valence-corrected chi connectivity index (χ4v) is 4.83. The highest BCUT2D eigenvalue weighted by Crippen LogP contribution is 2.40. The van der Waals surface area contributed by atoms with Gasteiger partial charge in [0.25, 0.3) is 0 Å². The number of benzene rings is 2. The van der Waals surface area contributed by atoms with Crippen LogP contribution in [0.2, 0.25) is 5.02 Å². The molecule has 32 heavy (non-hydrogen) atoms. The second-order valence-electron chi connectivity index (χ2n) is 8.32. The fourth-order valence-electron chi connectivity index (χ4n) is 4.70. The molecule has 1 unspecified atom stereocenters. The normalized spacial score (nSPS) is 25.3. The predicted octanol–water partition coefficient (Wildman–Crippen LogP) is 4.03. The zero-order valence-electron chi connectivity index (χ0n) is 17.9. The van der Waals surface area contributed by atoms with Crippen LogP contribution in [0.1, 0.15) is 24.3 Å². The van der Waals surface area contributed by atoms with Crippen LogP contribution in [0.4, 0.5) is 9.18 Å². The van der Waals surface area contributed by atoms with E-state index in [0.717, 1.165) is 18.4 Å². The van der Waals surface area contributed by atoms with Gasteiger partial charge in [0.2, 0.25) is 0 Å². The zero-order valence-corrected chi connectivity index (χ0v) is 18.6. The number of nitrogens with one attached hydrogen (secondary N) is 1. The lowest BCUT2D eigenvalue weighted by Crippen LogP contribution is -2.62. The molecule has 2 fully saturated rings. The van der Waals surface area contributed by atoms with E-state index in [1.807, 2.05) is 12.1 Å². The number of carbonyl (C=O) groups is 2. The van der Waals surface area contributed by atoms with Gasteiger partial charge in [-0.1, -0.05) is 23.7 Å². The van der Waals surface area contributed by atoms with Crippen LogP contribution in [0, 0.1) is 11.7 Å². The molecule has 1 amide bonds. The number of likely N-dealkylation sites (N-methyl/N-ethyl adjacent to an activating group) is 1. The molecule has 0 aromatic heterocycles. The lowest BCUT2D eigenvalue weighted by atomic mass is 9.73.